The molecule has 1 saturated heterocycles. The van der Waals surface area contributed by atoms with Gasteiger partial charge in [0.05, 0.1) is 6.42 Å². The van der Waals surface area contributed by atoms with Gasteiger partial charge < -0.3 is 5.32 Å². The van der Waals surface area contributed by atoms with Crippen LogP contribution in [0.15, 0.2) is 84.4 Å². The Kier molecular flexibility index (Phi) is 5.47. The first kappa shape index (κ1) is 20.6. The van der Waals surface area contributed by atoms with Crippen LogP contribution >= 0.6 is 0 Å². The van der Waals surface area contributed by atoms with Gasteiger partial charge in [-0.05, 0) is 55.2 Å². The van der Waals surface area contributed by atoms with E-state index in [1.165, 1.54) is 0 Å². The molecule has 1 aliphatic heterocycles. The molecule has 1 N–H and O–H groups in total. The molecule has 156 valence electrons. The molecular weight excluding hydrogens is 384 g/mol. The van der Waals surface area contributed by atoms with Crippen LogP contribution in [0.1, 0.15) is 30.0 Å². The molecule has 1 heterocycles. The number of para-hydroxylation sites is 2. The van der Waals surface area contributed by atoms with Crippen molar-refractivity contribution in [3.05, 3.63) is 101 Å². The molecule has 0 spiro atoms. The number of aryl methyl sites for hydroxylation is 2. The summed E-state index contributed by atoms with van der Waals surface area (Å²) in [5.41, 5.74) is 4.18. The second-order valence-corrected chi connectivity index (χ2v) is 8.06. The Labute approximate surface area is 183 Å². The monoisotopic (exact) mass is 410 g/mol. The molecule has 0 saturated carbocycles. The van der Waals surface area contributed by atoms with E-state index >= 15 is 0 Å². The van der Waals surface area contributed by atoms with Crippen molar-refractivity contribution < 1.29 is 9.59 Å². The molecule has 0 bridgehead atoms. The summed E-state index contributed by atoms with van der Waals surface area (Å²) >= 11 is 0. The third-order valence-corrected chi connectivity index (χ3v) is 6.00. The molecule has 2 amide bonds. The molecule has 1 unspecified atom stereocenters. The number of carbonyl (C=O) groups excluding carboxylic acids is 2. The van der Waals surface area contributed by atoms with Crippen LogP contribution in [0.5, 0.6) is 0 Å². The van der Waals surface area contributed by atoms with E-state index in [-0.39, 0.29) is 18.2 Å². The summed E-state index contributed by atoms with van der Waals surface area (Å²) in [6.07, 6.45) is 2.13. The standard InChI is InChI=1S/C27H26N2O2/c1-19-11-7-9-15-23(19)28-26(31)27(21(3)17-22-13-5-4-6-14-22)18-25(30)29(27)24-16-10-8-12-20(24)2/h4-17H,18H2,1-3H3,(H,28,31). The fourth-order valence-corrected chi connectivity index (χ4v) is 4.19. The van der Waals surface area contributed by atoms with Gasteiger partial charge in [0.2, 0.25) is 5.91 Å². The molecule has 3 aromatic carbocycles. The highest BCUT2D eigenvalue weighted by Crippen LogP contribution is 2.44. The number of amides is 2. The van der Waals surface area contributed by atoms with Crippen LogP contribution in [0.2, 0.25) is 0 Å². The Morgan fingerprint density at radius 1 is 0.903 bits per heavy atom. The van der Waals surface area contributed by atoms with Gasteiger partial charge in [-0.1, -0.05) is 72.8 Å². The van der Waals surface area contributed by atoms with Gasteiger partial charge in [0, 0.05) is 11.4 Å². The second-order valence-electron chi connectivity index (χ2n) is 8.06. The van der Waals surface area contributed by atoms with Gasteiger partial charge in [-0.2, -0.15) is 0 Å². The van der Waals surface area contributed by atoms with Crippen LogP contribution < -0.4 is 10.2 Å². The quantitative estimate of drug-likeness (QED) is 0.563. The number of anilines is 2. The number of nitrogens with one attached hydrogen (secondary N) is 1. The average Bonchev–Trinajstić information content (AvgIpc) is 2.75. The highest BCUT2D eigenvalue weighted by Gasteiger charge is 2.58. The number of hydrogen-bond donors (Lipinski definition) is 1. The molecule has 1 fully saturated rings. The van der Waals surface area contributed by atoms with E-state index in [2.05, 4.69) is 5.32 Å². The first-order valence-corrected chi connectivity index (χ1v) is 10.4. The first-order valence-electron chi connectivity index (χ1n) is 10.4. The van der Waals surface area contributed by atoms with Crippen molar-refractivity contribution in [2.45, 2.75) is 32.7 Å². The van der Waals surface area contributed by atoms with Gasteiger partial charge in [-0.15, -0.1) is 0 Å². The van der Waals surface area contributed by atoms with Crippen LogP contribution in [0.4, 0.5) is 11.4 Å². The van der Waals surface area contributed by atoms with E-state index in [1.54, 1.807) is 4.90 Å². The Morgan fingerprint density at radius 2 is 1.52 bits per heavy atom. The summed E-state index contributed by atoms with van der Waals surface area (Å²) in [6, 6.07) is 25.2. The van der Waals surface area contributed by atoms with Gasteiger partial charge in [-0.25, -0.2) is 0 Å². The van der Waals surface area contributed by atoms with E-state index in [0.717, 1.165) is 33.6 Å². The van der Waals surface area contributed by atoms with Crippen LogP contribution in [-0.2, 0) is 9.59 Å². The Bertz CT molecular complexity index is 1170. The minimum Gasteiger partial charge on any atom is -0.323 e. The lowest BCUT2D eigenvalue weighted by molar-refractivity contribution is -0.135. The third-order valence-electron chi connectivity index (χ3n) is 6.00. The molecule has 0 aliphatic carbocycles. The normalized spacial score (nSPS) is 18.5. The molecule has 4 rings (SSSR count). The molecular formula is C27H26N2O2. The summed E-state index contributed by atoms with van der Waals surface area (Å²) < 4.78 is 0. The van der Waals surface area contributed by atoms with Gasteiger partial charge >= 0.3 is 0 Å². The fourth-order valence-electron chi connectivity index (χ4n) is 4.19. The lowest BCUT2D eigenvalue weighted by Crippen LogP contribution is -2.70. The van der Waals surface area contributed by atoms with E-state index in [1.807, 2.05) is 106 Å². The number of rotatable bonds is 5. The van der Waals surface area contributed by atoms with E-state index in [0.29, 0.717) is 0 Å². The molecule has 0 aromatic heterocycles. The Hall–Kier alpha value is -3.66. The minimum atomic E-state index is -1.08. The summed E-state index contributed by atoms with van der Waals surface area (Å²) in [7, 11) is 0. The van der Waals surface area contributed by atoms with E-state index < -0.39 is 5.54 Å². The van der Waals surface area contributed by atoms with E-state index in [4.69, 9.17) is 0 Å². The molecule has 3 aromatic rings. The van der Waals surface area contributed by atoms with Crippen molar-refractivity contribution in [3.8, 4) is 0 Å². The molecule has 0 radical (unpaired) electrons. The van der Waals surface area contributed by atoms with Gasteiger partial charge in [0.1, 0.15) is 0 Å². The van der Waals surface area contributed by atoms with Crippen LogP contribution in [0, 0.1) is 13.8 Å². The average molecular weight is 411 g/mol. The number of nitrogens with zero attached hydrogens (tertiary/aromatic N) is 1. The molecule has 4 nitrogen and oxygen atoms in total. The summed E-state index contributed by atoms with van der Waals surface area (Å²) in [4.78, 5) is 28.4. The number of carbonyl (C=O) groups is 2. The Morgan fingerprint density at radius 3 is 2.16 bits per heavy atom. The lowest BCUT2D eigenvalue weighted by atomic mass is 9.75. The SMILES string of the molecule is CC(=Cc1ccccc1)C1(C(=O)Nc2ccccc2C)CC(=O)N1c1ccccc1C. The van der Waals surface area contributed by atoms with Crippen molar-refractivity contribution in [1.82, 2.24) is 0 Å². The smallest absolute Gasteiger partial charge is 0.255 e. The van der Waals surface area contributed by atoms with Crippen molar-refractivity contribution in [1.29, 1.82) is 0 Å². The van der Waals surface area contributed by atoms with Gasteiger partial charge in [-0.3, -0.25) is 14.5 Å². The lowest BCUT2D eigenvalue weighted by Gasteiger charge is -2.51. The minimum absolute atomic E-state index is 0.0601. The fraction of sp³-hybridized carbons (Fsp3) is 0.185. The predicted molar refractivity (Wildman–Crippen MR) is 126 cm³/mol. The van der Waals surface area contributed by atoms with E-state index in [9.17, 15) is 9.59 Å². The highest BCUT2D eigenvalue weighted by molar-refractivity contribution is 6.19. The number of β-lactam (4-membered cyclic amide) rings is 1. The summed E-state index contributed by atoms with van der Waals surface area (Å²) in [5.74, 6) is -0.260. The largest absolute Gasteiger partial charge is 0.323 e. The van der Waals surface area contributed by atoms with Gasteiger partial charge in [0.15, 0.2) is 5.54 Å². The van der Waals surface area contributed by atoms with Gasteiger partial charge in [0.25, 0.3) is 5.91 Å². The summed E-state index contributed by atoms with van der Waals surface area (Å²) in [6.45, 7) is 5.85. The molecule has 1 aliphatic rings. The first-order chi connectivity index (χ1) is 14.9. The maximum Gasteiger partial charge on any atom is 0.255 e. The van der Waals surface area contributed by atoms with Crippen molar-refractivity contribution in [2.24, 2.45) is 0 Å². The number of benzene rings is 3. The number of hydrogen-bond acceptors (Lipinski definition) is 2. The predicted octanol–water partition coefficient (Wildman–Crippen LogP) is 5.52. The zero-order valence-electron chi connectivity index (χ0n) is 18.1. The van der Waals surface area contributed by atoms with Crippen LogP contribution in [0.3, 0.4) is 0 Å². The van der Waals surface area contributed by atoms with Crippen molar-refractivity contribution in [2.75, 3.05) is 10.2 Å². The zero-order chi connectivity index (χ0) is 22.0. The third kappa shape index (κ3) is 3.66. The molecule has 4 heteroatoms. The van der Waals surface area contributed by atoms with Crippen molar-refractivity contribution >= 4 is 29.3 Å². The summed E-state index contributed by atoms with van der Waals surface area (Å²) in [5, 5.41) is 3.09. The Balaban J connectivity index is 1.82. The van der Waals surface area contributed by atoms with Crippen LogP contribution in [0.25, 0.3) is 6.08 Å². The van der Waals surface area contributed by atoms with Crippen molar-refractivity contribution in [3.63, 3.8) is 0 Å². The molecule has 31 heavy (non-hydrogen) atoms. The second kappa shape index (κ2) is 8.23. The maximum absolute atomic E-state index is 13.8. The maximum atomic E-state index is 13.8. The van der Waals surface area contributed by atoms with Crippen LogP contribution in [-0.4, -0.2) is 17.4 Å². The zero-order valence-corrected chi connectivity index (χ0v) is 18.1. The topological polar surface area (TPSA) is 49.4 Å². The highest BCUT2D eigenvalue weighted by atomic mass is 16.2. The molecule has 1 atom stereocenters.